The molecule has 0 radical (unpaired) electrons. The summed E-state index contributed by atoms with van der Waals surface area (Å²) in [6, 6.07) is 10.4. The Hall–Kier alpha value is -0.900. The molecule has 2 heterocycles. The van der Waals surface area contributed by atoms with E-state index >= 15 is 0 Å². The van der Waals surface area contributed by atoms with Crippen molar-refractivity contribution in [1.29, 1.82) is 0 Å². The normalized spacial score (nSPS) is 27.8. The molecule has 1 aromatic carbocycles. The van der Waals surface area contributed by atoms with E-state index in [0.717, 1.165) is 19.6 Å². The molecule has 3 nitrogen and oxygen atoms in total. The van der Waals surface area contributed by atoms with Crippen LogP contribution in [-0.4, -0.2) is 31.5 Å². The van der Waals surface area contributed by atoms with Gasteiger partial charge in [-0.3, -0.25) is 0 Å². The van der Waals surface area contributed by atoms with Gasteiger partial charge in [-0.1, -0.05) is 50.1 Å². The van der Waals surface area contributed by atoms with Gasteiger partial charge >= 0.3 is 0 Å². The van der Waals surface area contributed by atoms with Crippen LogP contribution >= 0.6 is 0 Å². The highest BCUT2D eigenvalue weighted by Gasteiger charge is 2.40. The fourth-order valence-corrected chi connectivity index (χ4v) is 2.46. The third-order valence-corrected chi connectivity index (χ3v) is 3.76. The van der Waals surface area contributed by atoms with Gasteiger partial charge in [-0.2, -0.15) is 0 Å². The molecule has 0 bridgehead atoms. The number of ether oxygens (including phenoxy) is 3. The third kappa shape index (κ3) is 3.56. The molecule has 0 N–H and O–H groups in total. The Labute approximate surface area is 114 Å². The Balaban J connectivity index is 1.66. The van der Waals surface area contributed by atoms with Crippen LogP contribution in [0.1, 0.15) is 37.9 Å². The Morgan fingerprint density at radius 3 is 2.42 bits per heavy atom. The quantitative estimate of drug-likeness (QED) is 0.675. The maximum atomic E-state index is 6.34. The predicted octanol–water partition coefficient (Wildman–Crippen LogP) is 3.10. The van der Waals surface area contributed by atoms with Crippen molar-refractivity contribution in [1.82, 2.24) is 0 Å². The van der Waals surface area contributed by atoms with Crippen LogP contribution in [0.15, 0.2) is 30.3 Å². The van der Waals surface area contributed by atoms with Crippen LogP contribution in [0.2, 0.25) is 0 Å². The molecule has 19 heavy (non-hydrogen) atoms. The number of hydrogen-bond acceptors (Lipinski definition) is 3. The van der Waals surface area contributed by atoms with Crippen molar-refractivity contribution in [3.63, 3.8) is 0 Å². The van der Waals surface area contributed by atoms with Gasteiger partial charge in [0.05, 0.1) is 19.3 Å². The fourth-order valence-electron chi connectivity index (χ4n) is 2.46. The largest absolute Gasteiger partial charge is 0.370 e. The summed E-state index contributed by atoms with van der Waals surface area (Å²) in [4.78, 5) is 0. The van der Waals surface area contributed by atoms with Crippen LogP contribution in [0.3, 0.4) is 0 Å². The second-order valence-corrected chi connectivity index (χ2v) is 5.39. The van der Waals surface area contributed by atoms with Crippen LogP contribution in [0.25, 0.3) is 0 Å². The smallest absolute Gasteiger partial charge is 0.111 e. The van der Waals surface area contributed by atoms with Crippen LogP contribution in [0.4, 0.5) is 0 Å². The highest BCUT2D eigenvalue weighted by Crippen LogP contribution is 2.35. The molecule has 2 fully saturated rings. The predicted molar refractivity (Wildman–Crippen MR) is 73.1 cm³/mol. The lowest BCUT2D eigenvalue weighted by Gasteiger charge is -2.23. The SMILES string of the molecule is CCCCC(OC(c1ccccc1)C1CO1)C1CO1. The van der Waals surface area contributed by atoms with Crippen molar-refractivity contribution in [3.05, 3.63) is 35.9 Å². The molecular weight excluding hydrogens is 240 g/mol. The maximum Gasteiger partial charge on any atom is 0.111 e. The summed E-state index contributed by atoms with van der Waals surface area (Å²) in [5, 5.41) is 0. The summed E-state index contributed by atoms with van der Waals surface area (Å²) in [7, 11) is 0. The number of benzene rings is 1. The summed E-state index contributed by atoms with van der Waals surface area (Å²) in [5.74, 6) is 0. The minimum absolute atomic E-state index is 0.0623. The van der Waals surface area contributed by atoms with E-state index in [2.05, 4.69) is 31.2 Å². The van der Waals surface area contributed by atoms with Crippen molar-refractivity contribution in [2.75, 3.05) is 13.2 Å². The van der Waals surface area contributed by atoms with Crippen LogP contribution < -0.4 is 0 Å². The molecule has 3 rings (SSSR count). The highest BCUT2D eigenvalue weighted by atomic mass is 16.6. The molecule has 0 amide bonds. The van der Waals surface area contributed by atoms with E-state index in [4.69, 9.17) is 14.2 Å². The topological polar surface area (TPSA) is 34.3 Å². The molecular formula is C16H22O3. The maximum absolute atomic E-state index is 6.34. The fraction of sp³-hybridized carbons (Fsp3) is 0.625. The van der Waals surface area contributed by atoms with Gasteiger partial charge in [0.15, 0.2) is 0 Å². The van der Waals surface area contributed by atoms with Crippen LogP contribution in [0, 0.1) is 0 Å². The van der Waals surface area contributed by atoms with Gasteiger partial charge in [-0.05, 0) is 12.0 Å². The van der Waals surface area contributed by atoms with Crippen LogP contribution in [0.5, 0.6) is 0 Å². The van der Waals surface area contributed by atoms with E-state index in [1.54, 1.807) is 0 Å². The zero-order valence-electron chi connectivity index (χ0n) is 11.5. The van der Waals surface area contributed by atoms with E-state index in [9.17, 15) is 0 Å². The molecule has 1 aromatic rings. The number of epoxide rings is 2. The lowest BCUT2D eigenvalue weighted by molar-refractivity contribution is -0.0443. The zero-order chi connectivity index (χ0) is 13.1. The Morgan fingerprint density at radius 1 is 1.16 bits per heavy atom. The molecule has 4 atom stereocenters. The molecule has 2 saturated heterocycles. The molecule has 0 aromatic heterocycles. The lowest BCUT2D eigenvalue weighted by atomic mass is 10.0. The summed E-state index contributed by atoms with van der Waals surface area (Å²) in [6.07, 6.45) is 4.28. The van der Waals surface area contributed by atoms with E-state index in [1.807, 2.05) is 6.07 Å². The standard InChI is InChI=1S/C16H22O3/c1-2-3-9-13(14-10-17-14)19-16(15-11-18-15)12-7-5-4-6-8-12/h4-8,13-16H,2-3,9-11H2,1H3. The molecule has 4 unspecified atom stereocenters. The zero-order valence-corrected chi connectivity index (χ0v) is 11.5. The summed E-state index contributed by atoms with van der Waals surface area (Å²) < 4.78 is 17.2. The molecule has 0 saturated carbocycles. The van der Waals surface area contributed by atoms with E-state index in [-0.39, 0.29) is 18.3 Å². The first kappa shape index (κ1) is 13.1. The van der Waals surface area contributed by atoms with E-state index in [1.165, 1.54) is 18.4 Å². The molecule has 2 aliphatic rings. The van der Waals surface area contributed by atoms with Gasteiger partial charge in [-0.25, -0.2) is 0 Å². The van der Waals surface area contributed by atoms with Gasteiger partial charge in [0, 0.05) is 0 Å². The molecule has 3 heteroatoms. The van der Waals surface area contributed by atoms with Crippen molar-refractivity contribution in [2.45, 2.75) is 50.6 Å². The first-order valence-corrected chi connectivity index (χ1v) is 7.32. The molecule has 2 aliphatic heterocycles. The first-order valence-electron chi connectivity index (χ1n) is 7.32. The molecule has 0 spiro atoms. The van der Waals surface area contributed by atoms with Crippen molar-refractivity contribution < 1.29 is 14.2 Å². The van der Waals surface area contributed by atoms with Crippen molar-refractivity contribution in [2.24, 2.45) is 0 Å². The minimum Gasteiger partial charge on any atom is -0.370 e. The number of hydrogen-bond donors (Lipinski definition) is 0. The Morgan fingerprint density at radius 2 is 1.84 bits per heavy atom. The average molecular weight is 262 g/mol. The molecule has 0 aliphatic carbocycles. The third-order valence-electron chi connectivity index (χ3n) is 3.76. The van der Waals surface area contributed by atoms with Gasteiger partial charge in [-0.15, -0.1) is 0 Å². The van der Waals surface area contributed by atoms with Gasteiger partial charge in [0.25, 0.3) is 0 Å². The monoisotopic (exact) mass is 262 g/mol. The Bertz CT molecular complexity index is 384. The van der Waals surface area contributed by atoms with Crippen molar-refractivity contribution in [3.8, 4) is 0 Å². The van der Waals surface area contributed by atoms with E-state index < -0.39 is 0 Å². The van der Waals surface area contributed by atoms with Gasteiger partial charge < -0.3 is 14.2 Å². The van der Waals surface area contributed by atoms with Gasteiger partial charge in [0.1, 0.15) is 18.3 Å². The highest BCUT2D eigenvalue weighted by molar-refractivity contribution is 5.20. The first-order chi connectivity index (χ1) is 9.38. The summed E-state index contributed by atoms with van der Waals surface area (Å²) >= 11 is 0. The molecule has 104 valence electrons. The second-order valence-electron chi connectivity index (χ2n) is 5.39. The second kappa shape index (κ2) is 6.04. The van der Waals surface area contributed by atoms with Gasteiger partial charge in [0.2, 0.25) is 0 Å². The van der Waals surface area contributed by atoms with E-state index in [0.29, 0.717) is 6.10 Å². The van der Waals surface area contributed by atoms with Crippen LogP contribution in [-0.2, 0) is 14.2 Å². The van der Waals surface area contributed by atoms with Crippen molar-refractivity contribution >= 4 is 0 Å². The number of rotatable bonds is 8. The summed E-state index contributed by atoms with van der Waals surface area (Å²) in [6.45, 7) is 3.87. The Kier molecular flexibility index (Phi) is 4.16. The average Bonchev–Trinajstić information content (AvgIpc) is 3.31. The summed E-state index contributed by atoms with van der Waals surface area (Å²) in [5.41, 5.74) is 1.21. The lowest BCUT2D eigenvalue weighted by Crippen LogP contribution is -2.25. The minimum atomic E-state index is 0.0623. The number of unbranched alkanes of at least 4 members (excludes halogenated alkanes) is 1.